The number of halogens is 1. The van der Waals surface area contributed by atoms with Crippen molar-refractivity contribution in [2.24, 2.45) is 0 Å². The van der Waals surface area contributed by atoms with Crippen molar-refractivity contribution in [1.82, 2.24) is 0 Å². The summed E-state index contributed by atoms with van der Waals surface area (Å²) in [5, 5.41) is 0. The highest BCUT2D eigenvalue weighted by Crippen LogP contribution is 2.14. The molecule has 15 heavy (non-hydrogen) atoms. The number of aryl methyl sites for hydroxylation is 1. The Hall–Kier alpha value is -0.580. The summed E-state index contributed by atoms with van der Waals surface area (Å²) in [4.78, 5) is 11.6. The van der Waals surface area contributed by atoms with Gasteiger partial charge in [0.25, 0.3) is 0 Å². The molecule has 0 N–H and O–H groups in total. The molecule has 1 rings (SSSR count). The molecule has 3 heteroatoms. The highest BCUT2D eigenvalue weighted by Gasteiger charge is 2.07. The fraction of sp³-hybridized carbons (Fsp3) is 0.417. The first-order chi connectivity index (χ1) is 7.15. The van der Waals surface area contributed by atoms with Crippen LogP contribution in [0.15, 0.2) is 18.2 Å². The summed E-state index contributed by atoms with van der Waals surface area (Å²) in [5.74, 6) is -0.221. The predicted molar refractivity (Wildman–Crippen MR) is 69.1 cm³/mol. The molecule has 0 fully saturated rings. The Labute approximate surface area is 104 Å². The minimum Gasteiger partial charge on any atom is -0.462 e. The molecule has 0 spiro atoms. The monoisotopic (exact) mass is 318 g/mol. The Morgan fingerprint density at radius 2 is 2.20 bits per heavy atom. The number of benzene rings is 1. The first kappa shape index (κ1) is 12.5. The lowest BCUT2D eigenvalue weighted by molar-refractivity contribution is 0.0499. The largest absolute Gasteiger partial charge is 0.462 e. The summed E-state index contributed by atoms with van der Waals surface area (Å²) < 4.78 is 6.22. The zero-order valence-electron chi connectivity index (χ0n) is 9.05. The maximum absolute atomic E-state index is 11.6. The van der Waals surface area contributed by atoms with Crippen molar-refractivity contribution in [3.8, 4) is 0 Å². The Morgan fingerprint density at radius 3 is 2.80 bits per heavy atom. The highest BCUT2D eigenvalue weighted by molar-refractivity contribution is 14.1. The number of esters is 1. The van der Waals surface area contributed by atoms with Crippen molar-refractivity contribution in [3.63, 3.8) is 0 Å². The minimum absolute atomic E-state index is 0.221. The predicted octanol–water partition coefficient (Wildman–Crippen LogP) is 3.56. The van der Waals surface area contributed by atoms with E-state index in [2.05, 4.69) is 29.5 Å². The van der Waals surface area contributed by atoms with E-state index < -0.39 is 0 Å². The molecule has 0 saturated heterocycles. The van der Waals surface area contributed by atoms with Crippen LogP contribution in [0, 0.1) is 10.5 Å². The highest BCUT2D eigenvalue weighted by atomic mass is 127. The number of carbonyl (C=O) groups excluding carboxylic acids is 1. The van der Waals surface area contributed by atoms with Crippen LogP contribution in [0.1, 0.15) is 35.7 Å². The van der Waals surface area contributed by atoms with E-state index in [4.69, 9.17) is 4.74 Å². The van der Waals surface area contributed by atoms with Crippen molar-refractivity contribution in [1.29, 1.82) is 0 Å². The van der Waals surface area contributed by atoms with Crippen molar-refractivity contribution >= 4 is 28.6 Å². The van der Waals surface area contributed by atoms with Gasteiger partial charge in [0.05, 0.1) is 12.2 Å². The van der Waals surface area contributed by atoms with Gasteiger partial charge in [-0.15, -0.1) is 0 Å². The molecule has 0 aliphatic carbocycles. The zero-order valence-corrected chi connectivity index (χ0v) is 11.2. The molecule has 0 saturated carbocycles. The quantitative estimate of drug-likeness (QED) is 0.482. The molecule has 0 aliphatic heterocycles. The van der Waals surface area contributed by atoms with Crippen molar-refractivity contribution < 1.29 is 9.53 Å². The summed E-state index contributed by atoms with van der Waals surface area (Å²) in [6, 6.07) is 5.62. The molecule has 0 heterocycles. The lowest BCUT2D eigenvalue weighted by Crippen LogP contribution is -2.06. The molecule has 0 atom stereocenters. The number of hydrogen-bond donors (Lipinski definition) is 0. The normalized spacial score (nSPS) is 10.1. The Kier molecular flexibility index (Phi) is 5.08. The summed E-state index contributed by atoms with van der Waals surface area (Å²) in [7, 11) is 0. The maximum Gasteiger partial charge on any atom is 0.338 e. The van der Waals surface area contributed by atoms with E-state index in [9.17, 15) is 4.79 Å². The van der Waals surface area contributed by atoms with Crippen molar-refractivity contribution in [2.75, 3.05) is 6.61 Å². The van der Waals surface area contributed by atoms with E-state index in [0.717, 1.165) is 16.4 Å². The molecule has 0 radical (unpaired) electrons. The first-order valence-corrected chi connectivity index (χ1v) is 6.16. The van der Waals surface area contributed by atoms with E-state index in [1.807, 2.05) is 25.1 Å². The van der Waals surface area contributed by atoms with Crippen molar-refractivity contribution in [3.05, 3.63) is 32.9 Å². The van der Waals surface area contributed by atoms with Gasteiger partial charge in [0.1, 0.15) is 0 Å². The van der Waals surface area contributed by atoms with Crippen LogP contribution in [-0.2, 0) is 4.74 Å². The average Bonchev–Trinajstić information content (AvgIpc) is 2.22. The fourth-order valence-corrected chi connectivity index (χ4v) is 1.63. The van der Waals surface area contributed by atoms with Crippen LogP contribution in [0.4, 0.5) is 0 Å². The van der Waals surface area contributed by atoms with Crippen LogP contribution in [0.3, 0.4) is 0 Å². The molecule has 0 bridgehead atoms. The maximum atomic E-state index is 11.6. The second-order valence-corrected chi connectivity index (χ2v) is 4.62. The van der Waals surface area contributed by atoms with E-state index >= 15 is 0 Å². The lowest BCUT2D eigenvalue weighted by atomic mass is 10.1. The van der Waals surface area contributed by atoms with Gasteiger partial charge in [-0.1, -0.05) is 19.4 Å². The second kappa shape index (κ2) is 6.10. The summed E-state index contributed by atoms with van der Waals surface area (Å²) in [5.41, 5.74) is 1.82. The van der Waals surface area contributed by atoms with Gasteiger partial charge in [-0.2, -0.15) is 0 Å². The van der Waals surface area contributed by atoms with E-state index in [1.54, 1.807) is 0 Å². The van der Waals surface area contributed by atoms with E-state index in [0.29, 0.717) is 12.2 Å². The molecule has 1 aromatic carbocycles. The third-order valence-corrected chi connectivity index (χ3v) is 3.30. The standard InChI is InChI=1S/C12H15IO2/c1-3-4-7-15-12(14)10-6-5-9(2)11(13)8-10/h5-6,8H,3-4,7H2,1-2H3. The van der Waals surface area contributed by atoms with Gasteiger partial charge < -0.3 is 4.74 Å². The topological polar surface area (TPSA) is 26.3 Å². The smallest absolute Gasteiger partial charge is 0.338 e. The van der Waals surface area contributed by atoms with Gasteiger partial charge >= 0.3 is 5.97 Å². The van der Waals surface area contributed by atoms with E-state index in [-0.39, 0.29) is 5.97 Å². The van der Waals surface area contributed by atoms with Gasteiger partial charge in [-0.25, -0.2) is 4.79 Å². The number of carbonyl (C=O) groups is 1. The van der Waals surface area contributed by atoms with Crippen LogP contribution in [0.25, 0.3) is 0 Å². The Morgan fingerprint density at radius 1 is 1.47 bits per heavy atom. The van der Waals surface area contributed by atoms with Gasteiger partial charge in [0, 0.05) is 3.57 Å². The van der Waals surface area contributed by atoms with Crippen LogP contribution in [0.5, 0.6) is 0 Å². The fourth-order valence-electron chi connectivity index (χ4n) is 1.11. The van der Waals surface area contributed by atoms with E-state index in [1.165, 1.54) is 5.56 Å². The number of rotatable bonds is 4. The molecule has 1 aromatic rings. The Bertz CT molecular complexity index is 347. The van der Waals surface area contributed by atoms with Crippen LogP contribution < -0.4 is 0 Å². The Balaban J connectivity index is 2.62. The second-order valence-electron chi connectivity index (χ2n) is 3.45. The molecule has 0 aromatic heterocycles. The molecule has 0 aliphatic rings. The first-order valence-electron chi connectivity index (χ1n) is 5.08. The van der Waals surface area contributed by atoms with Crippen LogP contribution in [0.2, 0.25) is 0 Å². The number of hydrogen-bond acceptors (Lipinski definition) is 2. The SMILES string of the molecule is CCCCOC(=O)c1ccc(C)c(I)c1. The van der Waals surface area contributed by atoms with Crippen LogP contribution >= 0.6 is 22.6 Å². The lowest BCUT2D eigenvalue weighted by Gasteiger charge is -2.05. The van der Waals surface area contributed by atoms with Gasteiger partial charge in [-0.3, -0.25) is 0 Å². The summed E-state index contributed by atoms with van der Waals surface area (Å²) >= 11 is 2.22. The summed E-state index contributed by atoms with van der Waals surface area (Å²) in [6.07, 6.45) is 1.97. The van der Waals surface area contributed by atoms with Gasteiger partial charge in [-0.05, 0) is 53.6 Å². The average molecular weight is 318 g/mol. The van der Waals surface area contributed by atoms with Gasteiger partial charge in [0.15, 0.2) is 0 Å². The molecule has 2 nitrogen and oxygen atoms in total. The molecule has 0 amide bonds. The van der Waals surface area contributed by atoms with Crippen LogP contribution in [-0.4, -0.2) is 12.6 Å². The number of ether oxygens (including phenoxy) is 1. The van der Waals surface area contributed by atoms with Gasteiger partial charge in [0.2, 0.25) is 0 Å². The third kappa shape index (κ3) is 3.81. The molecule has 82 valence electrons. The minimum atomic E-state index is -0.221. The molecule has 0 unspecified atom stereocenters. The van der Waals surface area contributed by atoms with Crippen molar-refractivity contribution in [2.45, 2.75) is 26.7 Å². The number of unbranched alkanes of at least 4 members (excludes halogenated alkanes) is 1. The molecular formula is C12H15IO2. The summed E-state index contributed by atoms with van der Waals surface area (Å²) in [6.45, 7) is 4.61. The zero-order chi connectivity index (χ0) is 11.3. The molecular weight excluding hydrogens is 303 g/mol. The third-order valence-electron chi connectivity index (χ3n) is 2.14.